The van der Waals surface area contributed by atoms with Gasteiger partial charge in [0.2, 0.25) is 0 Å². The Bertz CT molecular complexity index is 1300. The first-order chi connectivity index (χ1) is 15.3. The fraction of sp³-hybridized carbons (Fsp3) is 0.0323. The number of benzene rings is 5. The van der Waals surface area contributed by atoms with Crippen LogP contribution < -0.4 is 0 Å². The molecule has 0 aromatic heterocycles. The Morgan fingerprint density at radius 3 is 1.32 bits per heavy atom. The molecule has 0 nitrogen and oxygen atoms in total. The Balaban J connectivity index is 1.72. The second kappa shape index (κ2) is 8.45. The van der Waals surface area contributed by atoms with E-state index in [1.54, 1.807) is 0 Å². The predicted molar refractivity (Wildman–Crippen MR) is 133 cm³/mol. The maximum absolute atomic E-state index is 2.33. The van der Waals surface area contributed by atoms with Gasteiger partial charge < -0.3 is 0 Å². The summed E-state index contributed by atoms with van der Waals surface area (Å²) in [5, 5.41) is 0. The summed E-state index contributed by atoms with van der Waals surface area (Å²) in [6.45, 7) is 2.24. The second-order valence-corrected chi connectivity index (χ2v) is 7.88. The van der Waals surface area contributed by atoms with Crippen molar-refractivity contribution in [1.29, 1.82) is 0 Å². The van der Waals surface area contributed by atoms with Gasteiger partial charge in [-0.25, -0.2) is 0 Å². The number of rotatable bonds is 4. The fourth-order valence-electron chi connectivity index (χ4n) is 4.23. The van der Waals surface area contributed by atoms with Crippen molar-refractivity contribution in [3.05, 3.63) is 133 Å². The number of hydrogen-bond donors (Lipinski definition) is 0. The van der Waals surface area contributed by atoms with E-state index in [0.29, 0.717) is 0 Å². The smallest absolute Gasteiger partial charge is 0.0142 e. The highest BCUT2D eigenvalue weighted by Crippen LogP contribution is 2.37. The molecule has 0 aliphatic heterocycles. The molecule has 0 radical (unpaired) electrons. The summed E-state index contributed by atoms with van der Waals surface area (Å²) in [7, 11) is 0. The minimum Gasteiger partial charge on any atom is -0.0622 e. The lowest BCUT2D eigenvalue weighted by Gasteiger charge is -2.16. The van der Waals surface area contributed by atoms with Crippen molar-refractivity contribution in [3.63, 3.8) is 0 Å². The van der Waals surface area contributed by atoms with Gasteiger partial charge in [-0.2, -0.15) is 0 Å². The van der Waals surface area contributed by atoms with E-state index < -0.39 is 0 Å². The maximum Gasteiger partial charge on any atom is -0.0142 e. The van der Waals surface area contributed by atoms with Crippen molar-refractivity contribution in [2.24, 2.45) is 0 Å². The van der Waals surface area contributed by atoms with Crippen LogP contribution in [0.2, 0.25) is 0 Å². The predicted octanol–water partition coefficient (Wildman–Crippen LogP) is 8.66. The van der Waals surface area contributed by atoms with E-state index in [9.17, 15) is 0 Å². The van der Waals surface area contributed by atoms with Crippen LogP contribution in [0.4, 0.5) is 0 Å². The molecule has 0 heterocycles. The van der Waals surface area contributed by atoms with Crippen molar-refractivity contribution in [3.8, 4) is 44.5 Å². The third kappa shape index (κ3) is 3.93. The lowest BCUT2D eigenvalue weighted by atomic mass is 9.88. The van der Waals surface area contributed by atoms with Crippen molar-refractivity contribution < 1.29 is 0 Å². The molecule has 0 unspecified atom stereocenters. The van der Waals surface area contributed by atoms with E-state index in [0.717, 1.165) is 0 Å². The zero-order chi connectivity index (χ0) is 21.0. The van der Waals surface area contributed by atoms with Crippen molar-refractivity contribution in [2.75, 3.05) is 0 Å². The van der Waals surface area contributed by atoms with Crippen LogP contribution in [0.15, 0.2) is 127 Å². The van der Waals surface area contributed by atoms with E-state index in [-0.39, 0.29) is 0 Å². The van der Waals surface area contributed by atoms with E-state index in [2.05, 4.69) is 134 Å². The second-order valence-electron chi connectivity index (χ2n) is 7.88. The maximum atomic E-state index is 2.33. The zero-order valence-electron chi connectivity index (χ0n) is 17.6. The molecule has 0 amide bonds. The minimum atomic E-state index is 1.24. The summed E-state index contributed by atoms with van der Waals surface area (Å²) in [6, 6.07) is 45.5. The van der Waals surface area contributed by atoms with Crippen LogP contribution in [0.25, 0.3) is 44.5 Å². The first-order valence-electron chi connectivity index (χ1n) is 10.7. The summed E-state index contributed by atoms with van der Waals surface area (Å²) >= 11 is 0. The molecule has 5 rings (SSSR count). The highest BCUT2D eigenvalue weighted by atomic mass is 14.2. The largest absolute Gasteiger partial charge is 0.0622 e. The molecule has 0 fully saturated rings. The normalized spacial score (nSPS) is 10.7. The zero-order valence-corrected chi connectivity index (χ0v) is 17.6. The molecule has 5 aromatic carbocycles. The monoisotopic (exact) mass is 396 g/mol. The molecular weight excluding hydrogens is 372 g/mol. The van der Waals surface area contributed by atoms with Crippen LogP contribution >= 0.6 is 0 Å². The van der Waals surface area contributed by atoms with Gasteiger partial charge in [0.1, 0.15) is 0 Å². The molecule has 0 N–H and O–H groups in total. The molecule has 5 aromatic rings. The third-order valence-electron chi connectivity index (χ3n) is 5.88. The Kier molecular flexibility index (Phi) is 5.21. The summed E-state index contributed by atoms with van der Waals surface area (Å²) in [4.78, 5) is 0. The minimum absolute atomic E-state index is 1.24. The van der Waals surface area contributed by atoms with E-state index in [1.807, 2.05) is 0 Å². The van der Waals surface area contributed by atoms with Crippen molar-refractivity contribution in [2.45, 2.75) is 6.92 Å². The molecule has 0 aliphatic carbocycles. The van der Waals surface area contributed by atoms with E-state index >= 15 is 0 Å². The topological polar surface area (TPSA) is 0 Å². The Labute approximate surface area is 184 Å². The molecule has 31 heavy (non-hydrogen) atoms. The SMILES string of the molecule is Cc1c(-c2ccccc2)cc(-c2ccccc2)cc1-c1cccc(-c2ccccc2)c1. The molecule has 0 heteroatoms. The molecule has 0 bridgehead atoms. The summed E-state index contributed by atoms with van der Waals surface area (Å²) in [5.41, 5.74) is 11.3. The standard InChI is InChI=1S/C31H24/c1-23-30(26-16-9-4-10-17-26)21-29(25-14-7-3-8-15-25)22-31(23)28-19-11-18-27(20-28)24-12-5-2-6-13-24/h2-22H,1H3. The number of hydrogen-bond acceptors (Lipinski definition) is 0. The highest BCUT2D eigenvalue weighted by molar-refractivity contribution is 5.86. The summed E-state index contributed by atoms with van der Waals surface area (Å²) in [6.07, 6.45) is 0. The first kappa shape index (κ1) is 19.1. The van der Waals surface area contributed by atoms with Crippen molar-refractivity contribution >= 4 is 0 Å². The van der Waals surface area contributed by atoms with Gasteiger partial charge in [-0.15, -0.1) is 0 Å². The van der Waals surface area contributed by atoms with Crippen LogP contribution in [0.5, 0.6) is 0 Å². The van der Waals surface area contributed by atoms with E-state index in [4.69, 9.17) is 0 Å². The third-order valence-corrected chi connectivity index (χ3v) is 5.88. The van der Waals surface area contributed by atoms with Crippen LogP contribution in [0.3, 0.4) is 0 Å². The summed E-state index contributed by atoms with van der Waals surface area (Å²) < 4.78 is 0. The van der Waals surface area contributed by atoms with Gasteiger partial charge in [-0.05, 0) is 75.2 Å². The molecule has 0 spiro atoms. The average Bonchev–Trinajstić information content (AvgIpc) is 2.86. The lowest BCUT2D eigenvalue weighted by molar-refractivity contribution is 1.44. The molecule has 0 aliphatic rings. The highest BCUT2D eigenvalue weighted by Gasteiger charge is 2.13. The molecule has 0 atom stereocenters. The van der Waals surface area contributed by atoms with Crippen LogP contribution in [-0.2, 0) is 0 Å². The van der Waals surface area contributed by atoms with Crippen molar-refractivity contribution in [1.82, 2.24) is 0 Å². The van der Waals surface area contributed by atoms with Crippen LogP contribution in [0, 0.1) is 6.92 Å². The van der Waals surface area contributed by atoms with Gasteiger partial charge in [0.15, 0.2) is 0 Å². The molecular formula is C31H24. The van der Waals surface area contributed by atoms with Crippen LogP contribution in [0.1, 0.15) is 5.56 Å². The van der Waals surface area contributed by atoms with Gasteiger partial charge in [-0.1, -0.05) is 109 Å². The fourth-order valence-corrected chi connectivity index (χ4v) is 4.23. The molecule has 148 valence electrons. The summed E-state index contributed by atoms with van der Waals surface area (Å²) in [5.74, 6) is 0. The van der Waals surface area contributed by atoms with Gasteiger partial charge in [0.25, 0.3) is 0 Å². The lowest BCUT2D eigenvalue weighted by Crippen LogP contribution is -1.92. The first-order valence-corrected chi connectivity index (χ1v) is 10.7. The van der Waals surface area contributed by atoms with Gasteiger partial charge >= 0.3 is 0 Å². The van der Waals surface area contributed by atoms with Crippen LogP contribution in [-0.4, -0.2) is 0 Å². The molecule has 0 saturated heterocycles. The van der Waals surface area contributed by atoms with E-state index in [1.165, 1.54) is 50.1 Å². The Morgan fingerprint density at radius 1 is 0.323 bits per heavy atom. The quantitative estimate of drug-likeness (QED) is 0.285. The van der Waals surface area contributed by atoms with Gasteiger partial charge in [0, 0.05) is 0 Å². The Hall–Kier alpha value is -3.90. The molecule has 0 saturated carbocycles. The Morgan fingerprint density at radius 2 is 0.742 bits per heavy atom. The average molecular weight is 397 g/mol. The van der Waals surface area contributed by atoms with Gasteiger partial charge in [0.05, 0.1) is 0 Å². The van der Waals surface area contributed by atoms with Gasteiger partial charge in [-0.3, -0.25) is 0 Å².